The Morgan fingerprint density at radius 2 is 2.13 bits per heavy atom. The summed E-state index contributed by atoms with van der Waals surface area (Å²) in [4.78, 5) is 6.56. The first-order chi connectivity index (χ1) is 7.08. The Morgan fingerprint density at radius 1 is 1.40 bits per heavy atom. The summed E-state index contributed by atoms with van der Waals surface area (Å²) in [6, 6.07) is 4.05. The van der Waals surface area contributed by atoms with Crippen molar-refractivity contribution < 1.29 is 5.11 Å². The third kappa shape index (κ3) is 2.30. The average molecular weight is 304 g/mol. The first kappa shape index (κ1) is 11.3. The molecule has 2 nitrogen and oxygen atoms in total. The van der Waals surface area contributed by atoms with Gasteiger partial charge in [-0.25, -0.2) is 4.98 Å². The summed E-state index contributed by atoms with van der Waals surface area (Å²) < 4.78 is 1.10. The van der Waals surface area contributed by atoms with E-state index in [-0.39, 0.29) is 0 Å². The largest absolute Gasteiger partial charge is 0.388 e. The van der Waals surface area contributed by atoms with E-state index in [1.807, 2.05) is 19.1 Å². The van der Waals surface area contributed by atoms with Crippen LogP contribution in [0.5, 0.6) is 0 Å². The molecule has 80 valence electrons. The smallest absolute Gasteiger partial charge is 0.134 e. The van der Waals surface area contributed by atoms with Gasteiger partial charge in [0.25, 0.3) is 0 Å². The predicted octanol–water partition coefficient (Wildman–Crippen LogP) is 4.00. The van der Waals surface area contributed by atoms with Crippen molar-refractivity contribution in [2.45, 2.75) is 20.0 Å². The molecule has 1 atom stereocenters. The van der Waals surface area contributed by atoms with Crippen LogP contribution in [0.4, 0.5) is 0 Å². The van der Waals surface area contributed by atoms with Crippen LogP contribution in [0.1, 0.15) is 23.6 Å². The molecule has 0 bridgehead atoms. The first-order valence-electron chi connectivity index (χ1n) is 4.49. The molecule has 5 heteroatoms. The van der Waals surface area contributed by atoms with Gasteiger partial charge in [0.05, 0.1) is 25.3 Å². The van der Waals surface area contributed by atoms with Gasteiger partial charge in [-0.15, -0.1) is 22.7 Å². The number of rotatable bonds is 2. The number of hydrogen-bond acceptors (Lipinski definition) is 4. The second-order valence-corrected chi connectivity index (χ2v) is 6.74. The number of aromatic nitrogens is 1. The fraction of sp³-hybridized carbons (Fsp3) is 0.300. The van der Waals surface area contributed by atoms with Gasteiger partial charge in [0.2, 0.25) is 0 Å². The van der Waals surface area contributed by atoms with E-state index in [1.54, 1.807) is 29.6 Å². The van der Waals surface area contributed by atoms with E-state index in [2.05, 4.69) is 20.9 Å². The standard InChI is InChI=1S/C10H10BrNOS2/c1-5-9(6(2)13)15-10(12-5)7-3-4-8(11)14-7/h3-4,6,13H,1-2H3. The van der Waals surface area contributed by atoms with Crippen molar-refractivity contribution in [3.63, 3.8) is 0 Å². The maximum absolute atomic E-state index is 9.53. The van der Waals surface area contributed by atoms with E-state index >= 15 is 0 Å². The zero-order chi connectivity index (χ0) is 11.0. The van der Waals surface area contributed by atoms with Gasteiger partial charge in [0.15, 0.2) is 0 Å². The Labute approximate surface area is 105 Å². The number of hydrogen-bond donors (Lipinski definition) is 1. The minimum absolute atomic E-state index is 0.431. The molecule has 0 saturated heterocycles. The number of nitrogens with zero attached hydrogens (tertiary/aromatic N) is 1. The van der Waals surface area contributed by atoms with Crippen LogP contribution in [0.3, 0.4) is 0 Å². The van der Waals surface area contributed by atoms with Crippen molar-refractivity contribution in [1.29, 1.82) is 0 Å². The van der Waals surface area contributed by atoms with Crippen LogP contribution in [0.2, 0.25) is 0 Å². The Hall–Kier alpha value is -0.230. The summed E-state index contributed by atoms with van der Waals surface area (Å²) in [5, 5.41) is 10.5. The Kier molecular flexibility index (Phi) is 3.25. The van der Waals surface area contributed by atoms with Crippen LogP contribution in [0.15, 0.2) is 15.9 Å². The molecule has 0 amide bonds. The lowest BCUT2D eigenvalue weighted by Gasteiger charge is -1.98. The highest BCUT2D eigenvalue weighted by Crippen LogP contribution is 2.36. The van der Waals surface area contributed by atoms with E-state index in [9.17, 15) is 5.11 Å². The molecular formula is C10H10BrNOS2. The van der Waals surface area contributed by atoms with Gasteiger partial charge in [0, 0.05) is 0 Å². The predicted molar refractivity (Wildman–Crippen MR) is 68.5 cm³/mol. The fourth-order valence-corrected chi connectivity index (χ4v) is 3.77. The quantitative estimate of drug-likeness (QED) is 0.910. The molecular weight excluding hydrogens is 294 g/mol. The topological polar surface area (TPSA) is 33.1 Å². The lowest BCUT2D eigenvalue weighted by atomic mass is 10.3. The summed E-state index contributed by atoms with van der Waals surface area (Å²) in [6.45, 7) is 3.71. The normalized spacial score (nSPS) is 13.1. The summed E-state index contributed by atoms with van der Waals surface area (Å²) in [6.07, 6.45) is -0.431. The van der Waals surface area contributed by atoms with Crippen molar-refractivity contribution in [1.82, 2.24) is 4.98 Å². The van der Waals surface area contributed by atoms with Crippen LogP contribution >= 0.6 is 38.6 Å². The first-order valence-corrected chi connectivity index (χ1v) is 6.91. The van der Waals surface area contributed by atoms with Crippen molar-refractivity contribution in [3.8, 4) is 9.88 Å². The number of halogens is 1. The van der Waals surface area contributed by atoms with Gasteiger partial charge in [0.1, 0.15) is 5.01 Å². The van der Waals surface area contributed by atoms with Crippen molar-refractivity contribution >= 4 is 38.6 Å². The molecule has 1 unspecified atom stereocenters. The Morgan fingerprint density at radius 3 is 2.60 bits per heavy atom. The van der Waals surface area contributed by atoms with Crippen molar-refractivity contribution in [3.05, 3.63) is 26.5 Å². The zero-order valence-corrected chi connectivity index (χ0v) is 11.5. The lowest BCUT2D eigenvalue weighted by Crippen LogP contribution is -1.88. The number of thiophene rings is 1. The van der Waals surface area contributed by atoms with Gasteiger partial charge in [-0.2, -0.15) is 0 Å². The molecule has 15 heavy (non-hydrogen) atoms. The Bertz CT molecular complexity index is 475. The number of aliphatic hydroxyl groups excluding tert-OH is 1. The number of aliphatic hydroxyl groups is 1. The summed E-state index contributed by atoms with van der Waals surface area (Å²) in [7, 11) is 0. The van der Waals surface area contributed by atoms with Crippen LogP contribution in [0, 0.1) is 6.92 Å². The highest BCUT2D eigenvalue weighted by atomic mass is 79.9. The van der Waals surface area contributed by atoms with Crippen LogP contribution in [-0.2, 0) is 0 Å². The summed E-state index contributed by atoms with van der Waals surface area (Å²) >= 11 is 6.65. The van der Waals surface area contributed by atoms with E-state index < -0.39 is 6.10 Å². The van der Waals surface area contributed by atoms with E-state index in [1.165, 1.54) is 0 Å². The molecule has 0 spiro atoms. The van der Waals surface area contributed by atoms with Crippen molar-refractivity contribution in [2.24, 2.45) is 0 Å². The minimum Gasteiger partial charge on any atom is -0.388 e. The average Bonchev–Trinajstić information content (AvgIpc) is 2.71. The third-order valence-electron chi connectivity index (χ3n) is 2.00. The molecule has 0 aliphatic carbocycles. The van der Waals surface area contributed by atoms with E-state index in [0.717, 1.165) is 24.2 Å². The number of thiazole rings is 1. The molecule has 0 fully saturated rings. The second kappa shape index (κ2) is 4.33. The van der Waals surface area contributed by atoms with Crippen LogP contribution in [0.25, 0.3) is 9.88 Å². The van der Waals surface area contributed by atoms with Crippen LogP contribution in [-0.4, -0.2) is 10.1 Å². The highest BCUT2D eigenvalue weighted by molar-refractivity contribution is 9.11. The molecule has 2 aromatic heterocycles. The monoisotopic (exact) mass is 303 g/mol. The molecule has 2 aromatic rings. The van der Waals surface area contributed by atoms with Gasteiger partial charge in [-0.3, -0.25) is 0 Å². The zero-order valence-electron chi connectivity index (χ0n) is 8.32. The maximum Gasteiger partial charge on any atom is 0.134 e. The van der Waals surface area contributed by atoms with Gasteiger partial charge >= 0.3 is 0 Å². The molecule has 2 heterocycles. The van der Waals surface area contributed by atoms with E-state index in [4.69, 9.17) is 0 Å². The van der Waals surface area contributed by atoms with Gasteiger partial charge < -0.3 is 5.11 Å². The minimum atomic E-state index is -0.431. The van der Waals surface area contributed by atoms with Gasteiger partial charge in [-0.05, 0) is 41.9 Å². The molecule has 2 rings (SSSR count). The molecule has 1 N–H and O–H groups in total. The molecule has 0 aliphatic rings. The number of aryl methyl sites for hydroxylation is 1. The van der Waals surface area contributed by atoms with Crippen LogP contribution < -0.4 is 0 Å². The summed E-state index contributed by atoms with van der Waals surface area (Å²) in [5.74, 6) is 0. The third-order valence-corrected chi connectivity index (χ3v) is 5.12. The van der Waals surface area contributed by atoms with Gasteiger partial charge in [-0.1, -0.05) is 0 Å². The molecule has 0 aliphatic heterocycles. The fourth-order valence-electron chi connectivity index (χ4n) is 1.33. The summed E-state index contributed by atoms with van der Waals surface area (Å²) in [5.41, 5.74) is 0.925. The second-order valence-electron chi connectivity index (χ2n) is 3.25. The molecule has 0 aromatic carbocycles. The highest BCUT2D eigenvalue weighted by Gasteiger charge is 2.14. The van der Waals surface area contributed by atoms with Crippen molar-refractivity contribution in [2.75, 3.05) is 0 Å². The molecule has 0 radical (unpaired) electrons. The molecule has 0 saturated carbocycles. The Balaban J connectivity index is 2.42. The maximum atomic E-state index is 9.53. The lowest BCUT2D eigenvalue weighted by molar-refractivity contribution is 0.202. The SMILES string of the molecule is Cc1nc(-c2ccc(Br)s2)sc1C(C)O. The van der Waals surface area contributed by atoms with E-state index in [0.29, 0.717) is 0 Å².